The third-order valence-corrected chi connectivity index (χ3v) is 4.16. The minimum atomic E-state index is -0.426. The van der Waals surface area contributed by atoms with Gasteiger partial charge in [0.15, 0.2) is 0 Å². The number of nitrogens with zero attached hydrogens (tertiary/aromatic N) is 2. The van der Waals surface area contributed by atoms with Crippen molar-refractivity contribution in [3.63, 3.8) is 0 Å². The van der Waals surface area contributed by atoms with Gasteiger partial charge in [-0.2, -0.15) is 0 Å². The van der Waals surface area contributed by atoms with Crippen molar-refractivity contribution >= 4 is 0 Å². The molecule has 0 amide bonds. The van der Waals surface area contributed by atoms with Gasteiger partial charge in [0.25, 0.3) is 0 Å². The van der Waals surface area contributed by atoms with Gasteiger partial charge in [0.1, 0.15) is 12.4 Å². The zero-order valence-electron chi connectivity index (χ0n) is 13.1. The van der Waals surface area contributed by atoms with Crippen molar-refractivity contribution in [2.75, 3.05) is 13.1 Å². The number of aliphatic hydroxyl groups excluding tert-OH is 1. The molecule has 0 unspecified atom stereocenters. The zero-order valence-corrected chi connectivity index (χ0v) is 13.1. The molecule has 0 radical (unpaired) electrons. The Morgan fingerprint density at radius 1 is 1.22 bits per heavy atom. The standard InChI is InChI=1S/C18H23N3O2/c19-17-8-10-21(12-18(17)22)11-14-4-6-16(7-5-14)23-13-15-3-1-2-9-20-15/h1-7,9,17-18,22H,8,10-13,19H2/t17-,18-/m1/s1. The van der Waals surface area contributed by atoms with Gasteiger partial charge in [-0.05, 0) is 36.2 Å². The molecular weight excluding hydrogens is 290 g/mol. The lowest BCUT2D eigenvalue weighted by molar-refractivity contribution is 0.0499. The number of pyridine rings is 1. The first-order valence-electron chi connectivity index (χ1n) is 7.98. The lowest BCUT2D eigenvalue weighted by atomic mass is 10.0. The number of hydrogen-bond donors (Lipinski definition) is 2. The zero-order chi connectivity index (χ0) is 16.1. The van der Waals surface area contributed by atoms with E-state index >= 15 is 0 Å². The van der Waals surface area contributed by atoms with Gasteiger partial charge in [-0.1, -0.05) is 18.2 Å². The summed E-state index contributed by atoms with van der Waals surface area (Å²) in [6.45, 7) is 2.86. The third kappa shape index (κ3) is 4.51. The lowest BCUT2D eigenvalue weighted by Crippen LogP contribution is -2.50. The smallest absolute Gasteiger partial charge is 0.130 e. The van der Waals surface area contributed by atoms with E-state index in [-0.39, 0.29) is 6.04 Å². The van der Waals surface area contributed by atoms with Gasteiger partial charge in [-0.25, -0.2) is 0 Å². The molecule has 5 nitrogen and oxygen atoms in total. The van der Waals surface area contributed by atoms with E-state index in [1.165, 1.54) is 5.56 Å². The van der Waals surface area contributed by atoms with Gasteiger partial charge in [-0.3, -0.25) is 9.88 Å². The summed E-state index contributed by atoms with van der Waals surface area (Å²) in [6.07, 6.45) is 2.18. The SMILES string of the molecule is N[C@@H]1CCN(Cc2ccc(OCc3ccccn3)cc2)C[C@H]1O. The van der Waals surface area contributed by atoms with Crippen LogP contribution in [0, 0.1) is 0 Å². The van der Waals surface area contributed by atoms with Crippen molar-refractivity contribution in [2.45, 2.75) is 31.7 Å². The van der Waals surface area contributed by atoms with Gasteiger partial charge < -0.3 is 15.6 Å². The number of benzene rings is 1. The molecule has 1 saturated heterocycles. The number of rotatable bonds is 5. The Bertz CT molecular complexity index is 603. The molecule has 1 aromatic carbocycles. The van der Waals surface area contributed by atoms with Crippen molar-refractivity contribution in [1.29, 1.82) is 0 Å². The summed E-state index contributed by atoms with van der Waals surface area (Å²) < 4.78 is 5.74. The van der Waals surface area contributed by atoms with Gasteiger partial charge in [-0.15, -0.1) is 0 Å². The molecule has 2 atom stereocenters. The highest BCUT2D eigenvalue weighted by Gasteiger charge is 2.24. The largest absolute Gasteiger partial charge is 0.487 e. The van der Waals surface area contributed by atoms with E-state index in [1.54, 1.807) is 6.20 Å². The highest BCUT2D eigenvalue weighted by molar-refractivity contribution is 5.27. The molecule has 5 heteroatoms. The number of likely N-dealkylation sites (tertiary alicyclic amines) is 1. The number of β-amino-alcohol motifs (C(OH)–C–C–N with tert-alkyl or cyclic N) is 1. The number of aliphatic hydroxyl groups is 1. The maximum Gasteiger partial charge on any atom is 0.130 e. The first kappa shape index (κ1) is 15.9. The van der Waals surface area contributed by atoms with E-state index in [9.17, 15) is 5.11 Å². The van der Waals surface area contributed by atoms with E-state index < -0.39 is 6.10 Å². The molecule has 1 fully saturated rings. The number of aromatic nitrogens is 1. The summed E-state index contributed by atoms with van der Waals surface area (Å²) in [5, 5.41) is 9.86. The van der Waals surface area contributed by atoms with E-state index in [1.807, 2.05) is 30.3 Å². The predicted octanol–water partition coefficient (Wildman–Crippen LogP) is 1.55. The summed E-state index contributed by atoms with van der Waals surface area (Å²) in [5.41, 5.74) is 7.96. The summed E-state index contributed by atoms with van der Waals surface area (Å²) >= 11 is 0. The number of hydrogen-bond acceptors (Lipinski definition) is 5. The third-order valence-electron chi connectivity index (χ3n) is 4.16. The molecule has 1 aliphatic heterocycles. The monoisotopic (exact) mass is 313 g/mol. The maximum absolute atomic E-state index is 9.86. The molecule has 2 aromatic rings. The van der Waals surface area contributed by atoms with Crippen LogP contribution in [0.4, 0.5) is 0 Å². The average molecular weight is 313 g/mol. The van der Waals surface area contributed by atoms with Gasteiger partial charge in [0, 0.05) is 31.9 Å². The minimum Gasteiger partial charge on any atom is -0.487 e. The molecule has 0 saturated carbocycles. The van der Waals surface area contributed by atoms with Crippen LogP contribution in [0.5, 0.6) is 5.75 Å². The Hall–Kier alpha value is -1.95. The Balaban J connectivity index is 1.51. The molecular formula is C18H23N3O2. The van der Waals surface area contributed by atoms with E-state index in [0.717, 1.165) is 31.0 Å². The molecule has 0 bridgehead atoms. The molecule has 1 aliphatic rings. The van der Waals surface area contributed by atoms with Crippen LogP contribution in [-0.4, -0.2) is 40.2 Å². The number of ether oxygens (including phenoxy) is 1. The van der Waals surface area contributed by atoms with Crippen LogP contribution in [0.3, 0.4) is 0 Å². The van der Waals surface area contributed by atoms with Crippen molar-refractivity contribution < 1.29 is 9.84 Å². The van der Waals surface area contributed by atoms with Crippen LogP contribution in [0.1, 0.15) is 17.7 Å². The predicted molar refractivity (Wildman–Crippen MR) is 88.9 cm³/mol. The molecule has 122 valence electrons. The second-order valence-corrected chi connectivity index (χ2v) is 6.01. The fraction of sp³-hybridized carbons (Fsp3) is 0.389. The summed E-state index contributed by atoms with van der Waals surface area (Å²) in [4.78, 5) is 6.47. The van der Waals surface area contributed by atoms with Crippen molar-refractivity contribution in [2.24, 2.45) is 5.73 Å². The molecule has 3 N–H and O–H groups in total. The number of nitrogens with two attached hydrogens (primary N) is 1. The van der Waals surface area contributed by atoms with Crippen molar-refractivity contribution in [3.05, 3.63) is 59.9 Å². The number of piperidine rings is 1. The summed E-state index contributed by atoms with van der Waals surface area (Å²) in [6, 6.07) is 13.8. The minimum absolute atomic E-state index is 0.0892. The molecule has 1 aromatic heterocycles. The molecule has 0 spiro atoms. The van der Waals surface area contributed by atoms with Crippen LogP contribution < -0.4 is 10.5 Å². The second-order valence-electron chi connectivity index (χ2n) is 6.01. The fourth-order valence-corrected chi connectivity index (χ4v) is 2.75. The normalized spacial score (nSPS) is 22.0. The fourth-order valence-electron chi connectivity index (χ4n) is 2.75. The molecule has 3 rings (SSSR count). The average Bonchev–Trinajstić information content (AvgIpc) is 2.58. The highest BCUT2D eigenvalue weighted by Crippen LogP contribution is 2.17. The van der Waals surface area contributed by atoms with E-state index in [4.69, 9.17) is 10.5 Å². The lowest BCUT2D eigenvalue weighted by Gasteiger charge is -2.34. The maximum atomic E-state index is 9.86. The van der Waals surface area contributed by atoms with Crippen LogP contribution in [-0.2, 0) is 13.2 Å². The van der Waals surface area contributed by atoms with Crippen LogP contribution >= 0.6 is 0 Å². The quantitative estimate of drug-likeness (QED) is 0.876. The van der Waals surface area contributed by atoms with E-state index in [2.05, 4.69) is 22.0 Å². The van der Waals surface area contributed by atoms with Gasteiger partial charge in [0.2, 0.25) is 0 Å². The molecule has 0 aliphatic carbocycles. The Labute approximate surface area is 136 Å². The Morgan fingerprint density at radius 3 is 2.74 bits per heavy atom. The van der Waals surface area contributed by atoms with Crippen LogP contribution in [0.25, 0.3) is 0 Å². The van der Waals surface area contributed by atoms with Crippen molar-refractivity contribution in [3.8, 4) is 5.75 Å². The van der Waals surface area contributed by atoms with Crippen molar-refractivity contribution in [1.82, 2.24) is 9.88 Å². The van der Waals surface area contributed by atoms with Gasteiger partial charge in [0.05, 0.1) is 11.8 Å². The molecule has 23 heavy (non-hydrogen) atoms. The van der Waals surface area contributed by atoms with E-state index in [0.29, 0.717) is 13.2 Å². The topological polar surface area (TPSA) is 71.6 Å². The van der Waals surface area contributed by atoms with Crippen LogP contribution in [0.15, 0.2) is 48.7 Å². The summed E-state index contributed by atoms with van der Waals surface area (Å²) in [5.74, 6) is 0.833. The second kappa shape index (κ2) is 7.55. The van der Waals surface area contributed by atoms with Crippen LogP contribution in [0.2, 0.25) is 0 Å². The Morgan fingerprint density at radius 2 is 2.04 bits per heavy atom. The molecule has 2 heterocycles. The Kier molecular flexibility index (Phi) is 5.23. The highest BCUT2D eigenvalue weighted by atomic mass is 16.5. The first-order chi connectivity index (χ1) is 11.2. The van der Waals surface area contributed by atoms with Gasteiger partial charge >= 0.3 is 0 Å². The summed E-state index contributed by atoms with van der Waals surface area (Å²) in [7, 11) is 0. The first-order valence-corrected chi connectivity index (χ1v) is 7.98.